The number of unbranched alkanes of at least 4 members (excludes halogenated alkanes) is 2. The van der Waals surface area contributed by atoms with Crippen LogP contribution in [0.2, 0.25) is 0 Å². The van der Waals surface area contributed by atoms with Crippen molar-refractivity contribution in [2.75, 3.05) is 49.9 Å². The Bertz CT molecular complexity index is 1630. The molecule has 49 heavy (non-hydrogen) atoms. The van der Waals surface area contributed by atoms with Gasteiger partial charge in [-0.05, 0) is 74.8 Å². The van der Waals surface area contributed by atoms with E-state index in [-0.39, 0.29) is 49.6 Å². The number of likely N-dealkylation sites (N-methyl/N-ethyl adjacent to an activating group) is 1. The van der Waals surface area contributed by atoms with Gasteiger partial charge in [0.2, 0.25) is 18.6 Å². The highest BCUT2D eigenvalue weighted by Crippen LogP contribution is 2.34. The quantitative estimate of drug-likeness (QED) is 0.138. The molecule has 0 unspecified atom stereocenters. The van der Waals surface area contributed by atoms with Gasteiger partial charge >= 0.3 is 0 Å². The van der Waals surface area contributed by atoms with Crippen LogP contribution in [0.25, 0.3) is 0 Å². The van der Waals surface area contributed by atoms with E-state index in [2.05, 4.69) is 22.5 Å². The van der Waals surface area contributed by atoms with Gasteiger partial charge in [-0.2, -0.15) is 0 Å². The van der Waals surface area contributed by atoms with E-state index >= 15 is 0 Å². The molecule has 0 spiro atoms. The van der Waals surface area contributed by atoms with Crippen molar-refractivity contribution >= 4 is 34.8 Å². The molecule has 2 aliphatic rings. The van der Waals surface area contributed by atoms with Gasteiger partial charge in [-0.15, -0.1) is 0 Å². The Kier molecular flexibility index (Phi) is 12.0. The zero-order chi connectivity index (χ0) is 34.9. The lowest BCUT2D eigenvalue weighted by molar-refractivity contribution is -0.116. The first kappa shape index (κ1) is 35.5. The molecule has 0 saturated heterocycles. The van der Waals surface area contributed by atoms with E-state index < -0.39 is 6.04 Å². The van der Waals surface area contributed by atoms with Gasteiger partial charge in [0.15, 0.2) is 11.5 Å². The smallest absolute Gasteiger partial charge is 0.258 e. The number of aliphatic hydroxyl groups is 1. The van der Waals surface area contributed by atoms with Gasteiger partial charge in [-0.3, -0.25) is 19.3 Å². The Balaban J connectivity index is 1.18. The van der Waals surface area contributed by atoms with E-state index in [1.54, 1.807) is 35.2 Å². The lowest BCUT2D eigenvalue weighted by atomic mass is 9.99. The standard InChI is InChI=1S/C37H47N5O7/c1-24-19-42(25(2)22-43)37(46)28-18-27(39-35(44)11-5-4-6-12-36(45)40-30-10-8-7-9-29(30)38)14-16-31(28)49-34(24)21-41(3)20-26-13-15-32-33(17-26)48-23-47-32/h7-10,13-18,24-25,34,43H,4-6,11-12,19-23,38H2,1-3H3,(H,39,44)(H,40,45)/t24-,25+,34-/m1/s1. The van der Waals surface area contributed by atoms with Gasteiger partial charge in [-0.25, -0.2) is 0 Å². The zero-order valence-corrected chi connectivity index (χ0v) is 28.4. The number of fused-ring (bicyclic) bond motifs is 2. The van der Waals surface area contributed by atoms with Crippen molar-refractivity contribution < 1.29 is 33.7 Å². The Morgan fingerprint density at radius 1 is 0.980 bits per heavy atom. The molecule has 0 radical (unpaired) electrons. The van der Waals surface area contributed by atoms with Crippen molar-refractivity contribution in [3.63, 3.8) is 0 Å². The topological polar surface area (TPSA) is 156 Å². The molecule has 0 saturated carbocycles. The van der Waals surface area contributed by atoms with Crippen molar-refractivity contribution in [3.05, 3.63) is 71.8 Å². The molecule has 3 atom stereocenters. The number of aliphatic hydroxyl groups excluding tert-OH is 1. The van der Waals surface area contributed by atoms with Gasteiger partial charge in [0.1, 0.15) is 11.9 Å². The Morgan fingerprint density at radius 3 is 2.45 bits per heavy atom. The highest BCUT2D eigenvalue weighted by molar-refractivity contribution is 6.00. The van der Waals surface area contributed by atoms with Crippen molar-refractivity contribution in [1.29, 1.82) is 0 Å². The minimum absolute atomic E-state index is 0.0350. The van der Waals surface area contributed by atoms with Gasteiger partial charge in [0.05, 0.1) is 29.6 Å². The van der Waals surface area contributed by atoms with Crippen LogP contribution in [-0.2, 0) is 16.1 Å². The van der Waals surface area contributed by atoms with E-state index in [1.807, 2.05) is 44.3 Å². The number of benzene rings is 3. The first-order valence-electron chi connectivity index (χ1n) is 16.8. The third kappa shape index (κ3) is 9.42. The molecule has 3 amide bonds. The number of nitrogen functional groups attached to an aromatic ring is 1. The molecule has 0 fully saturated rings. The van der Waals surface area contributed by atoms with Crippen LogP contribution in [0.15, 0.2) is 60.7 Å². The van der Waals surface area contributed by atoms with Crippen LogP contribution in [0.4, 0.5) is 17.1 Å². The molecule has 2 heterocycles. The van der Waals surface area contributed by atoms with E-state index in [4.69, 9.17) is 19.9 Å². The maximum atomic E-state index is 13.8. The first-order chi connectivity index (χ1) is 23.6. The molecule has 5 rings (SSSR count). The average molecular weight is 674 g/mol. The summed E-state index contributed by atoms with van der Waals surface area (Å²) in [6.07, 6.45) is 2.31. The van der Waals surface area contributed by atoms with Crippen LogP contribution in [0.1, 0.15) is 61.9 Å². The minimum Gasteiger partial charge on any atom is -0.488 e. The average Bonchev–Trinajstić information content (AvgIpc) is 3.55. The van der Waals surface area contributed by atoms with E-state index in [9.17, 15) is 19.5 Å². The number of nitrogens with one attached hydrogen (secondary N) is 2. The number of rotatable bonds is 14. The Morgan fingerprint density at radius 2 is 1.69 bits per heavy atom. The normalized spacial score (nSPS) is 17.5. The number of para-hydroxylation sites is 2. The third-order valence-corrected chi connectivity index (χ3v) is 8.87. The number of anilines is 3. The molecule has 5 N–H and O–H groups in total. The number of hydrogen-bond donors (Lipinski definition) is 4. The predicted octanol–water partition coefficient (Wildman–Crippen LogP) is 4.88. The summed E-state index contributed by atoms with van der Waals surface area (Å²) in [7, 11) is 2.02. The van der Waals surface area contributed by atoms with Crippen molar-refractivity contribution in [1.82, 2.24) is 9.80 Å². The molecule has 262 valence electrons. The fourth-order valence-corrected chi connectivity index (χ4v) is 6.04. The summed E-state index contributed by atoms with van der Waals surface area (Å²) in [5.74, 6) is 1.31. The maximum absolute atomic E-state index is 13.8. The zero-order valence-electron chi connectivity index (χ0n) is 28.4. The van der Waals surface area contributed by atoms with Crippen LogP contribution in [-0.4, -0.2) is 78.3 Å². The molecular weight excluding hydrogens is 626 g/mol. The van der Waals surface area contributed by atoms with Crippen LogP contribution in [0.3, 0.4) is 0 Å². The van der Waals surface area contributed by atoms with E-state index in [0.29, 0.717) is 73.7 Å². The predicted molar refractivity (Wildman–Crippen MR) is 188 cm³/mol. The highest BCUT2D eigenvalue weighted by Gasteiger charge is 2.33. The van der Waals surface area contributed by atoms with Gasteiger partial charge in [0, 0.05) is 44.1 Å². The number of ether oxygens (including phenoxy) is 3. The lowest BCUT2D eigenvalue weighted by Crippen LogP contribution is -2.49. The molecule has 0 bridgehead atoms. The molecule has 0 aliphatic carbocycles. The molecule has 12 nitrogen and oxygen atoms in total. The van der Waals surface area contributed by atoms with Crippen molar-refractivity contribution in [2.24, 2.45) is 5.92 Å². The first-order valence-corrected chi connectivity index (χ1v) is 16.8. The molecule has 3 aromatic carbocycles. The monoisotopic (exact) mass is 673 g/mol. The van der Waals surface area contributed by atoms with Crippen LogP contribution in [0.5, 0.6) is 17.2 Å². The summed E-state index contributed by atoms with van der Waals surface area (Å²) >= 11 is 0. The largest absolute Gasteiger partial charge is 0.488 e. The molecule has 2 aliphatic heterocycles. The van der Waals surface area contributed by atoms with Crippen molar-refractivity contribution in [2.45, 2.75) is 64.6 Å². The molecule has 3 aromatic rings. The summed E-state index contributed by atoms with van der Waals surface area (Å²) in [6.45, 7) is 5.56. The molecular formula is C37H47N5O7. The van der Waals surface area contributed by atoms with Crippen LogP contribution in [0, 0.1) is 5.92 Å². The van der Waals surface area contributed by atoms with E-state index in [0.717, 1.165) is 17.1 Å². The second kappa shape index (κ2) is 16.5. The van der Waals surface area contributed by atoms with Gasteiger partial charge in [-0.1, -0.05) is 31.5 Å². The maximum Gasteiger partial charge on any atom is 0.258 e. The SMILES string of the molecule is C[C@@H]1CN([C@@H](C)CO)C(=O)c2cc(NC(=O)CCCCCC(=O)Nc3ccccc3N)ccc2O[C@@H]1CN(C)Cc1ccc2c(c1)OCO2. The van der Waals surface area contributed by atoms with Gasteiger partial charge in [0.25, 0.3) is 5.91 Å². The third-order valence-electron chi connectivity index (χ3n) is 8.87. The summed E-state index contributed by atoms with van der Waals surface area (Å²) in [5, 5.41) is 15.7. The Hall–Kier alpha value is -4.81. The number of carbonyl (C=O) groups is 3. The van der Waals surface area contributed by atoms with Crippen LogP contribution >= 0.6 is 0 Å². The molecule has 0 aromatic heterocycles. The lowest BCUT2D eigenvalue weighted by Gasteiger charge is -2.38. The number of amides is 3. The number of nitrogens with zero attached hydrogens (tertiary/aromatic N) is 2. The fraction of sp³-hybridized carbons (Fsp3) is 0.432. The molecule has 12 heteroatoms. The summed E-state index contributed by atoms with van der Waals surface area (Å²) in [5.41, 5.74) is 8.90. The number of carbonyl (C=O) groups excluding carboxylic acids is 3. The fourth-order valence-electron chi connectivity index (χ4n) is 6.04. The summed E-state index contributed by atoms with van der Waals surface area (Å²) < 4.78 is 17.5. The van der Waals surface area contributed by atoms with Crippen molar-refractivity contribution in [3.8, 4) is 17.2 Å². The summed E-state index contributed by atoms with van der Waals surface area (Å²) in [4.78, 5) is 42.8. The Labute approximate surface area is 287 Å². The summed E-state index contributed by atoms with van der Waals surface area (Å²) in [6, 6.07) is 17.7. The van der Waals surface area contributed by atoms with E-state index in [1.165, 1.54) is 0 Å². The van der Waals surface area contributed by atoms with Crippen LogP contribution < -0.4 is 30.6 Å². The number of hydrogen-bond acceptors (Lipinski definition) is 9. The number of nitrogens with two attached hydrogens (primary N) is 1. The second-order valence-corrected chi connectivity index (χ2v) is 13.0. The second-order valence-electron chi connectivity index (χ2n) is 13.0. The highest BCUT2D eigenvalue weighted by atomic mass is 16.7. The van der Waals surface area contributed by atoms with Gasteiger partial charge < -0.3 is 40.6 Å². The minimum atomic E-state index is -0.404.